The molecule has 168 valence electrons. The molecule has 2 amide bonds. The number of anilines is 1. The van der Waals surface area contributed by atoms with Gasteiger partial charge < -0.3 is 25.2 Å². The molecule has 1 aliphatic rings. The molecule has 1 fully saturated rings. The largest absolute Gasteiger partial charge is 0.392 e. The van der Waals surface area contributed by atoms with Gasteiger partial charge in [0.05, 0.1) is 18.3 Å². The lowest BCUT2D eigenvalue weighted by Gasteiger charge is -2.31. The van der Waals surface area contributed by atoms with Crippen molar-refractivity contribution in [2.75, 3.05) is 18.0 Å². The summed E-state index contributed by atoms with van der Waals surface area (Å²) in [6.45, 7) is 4.46. The predicted octanol–water partition coefficient (Wildman–Crippen LogP) is 2.34. The van der Waals surface area contributed by atoms with Crippen LogP contribution < -0.4 is 15.5 Å². The zero-order valence-corrected chi connectivity index (χ0v) is 18.8. The Morgan fingerprint density at radius 3 is 2.71 bits per heavy atom. The van der Waals surface area contributed by atoms with Crippen molar-refractivity contribution in [2.45, 2.75) is 43.3 Å². The summed E-state index contributed by atoms with van der Waals surface area (Å²) in [6.07, 6.45) is 1.35. The summed E-state index contributed by atoms with van der Waals surface area (Å²) in [5, 5.41) is 19.4. The third kappa shape index (κ3) is 5.98. The second-order valence-electron chi connectivity index (χ2n) is 7.89. The van der Waals surface area contributed by atoms with Gasteiger partial charge in [-0.1, -0.05) is 54.3 Å². The van der Waals surface area contributed by atoms with Crippen LogP contribution in [-0.2, 0) is 9.59 Å². The number of hydrogen-bond acceptors (Lipinski definition) is 6. The highest BCUT2D eigenvalue weighted by Gasteiger charge is 2.32. The van der Waals surface area contributed by atoms with Crippen LogP contribution in [0.2, 0.25) is 0 Å². The molecule has 0 spiro atoms. The van der Waals surface area contributed by atoms with Gasteiger partial charge in [-0.3, -0.25) is 9.59 Å². The van der Waals surface area contributed by atoms with E-state index >= 15 is 0 Å². The molecular formula is C21H26Cl2N4O4. The van der Waals surface area contributed by atoms with Crippen LogP contribution in [0.5, 0.6) is 0 Å². The number of nitrogens with zero attached hydrogens (tertiary/aromatic N) is 2. The number of rotatable bonds is 8. The van der Waals surface area contributed by atoms with Crippen molar-refractivity contribution in [3.8, 4) is 11.3 Å². The second-order valence-corrected chi connectivity index (χ2v) is 8.98. The van der Waals surface area contributed by atoms with E-state index in [2.05, 4.69) is 15.8 Å². The molecule has 0 bridgehead atoms. The molecule has 3 N–H and O–H groups in total. The third-order valence-electron chi connectivity index (χ3n) is 5.27. The second kappa shape index (κ2) is 10.5. The van der Waals surface area contributed by atoms with Gasteiger partial charge in [0.2, 0.25) is 5.91 Å². The summed E-state index contributed by atoms with van der Waals surface area (Å²) in [7, 11) is 0. The van der Waals surface area contributed by atoms with Gasteiger partial charge in [0, 0.05) is 36.4 Å². The maximum absolute atomic E-state index is 12.9. The predicted molar refractivity (Wildman–Crippen MR) is 119 cm³/mol. The van der Waals surface area contributed by atoms with E-state index < -0.39 is 22.9 Å². The Morgan fingerprint density at radius 1 is 1.35 bits per heavy atom. The van der Waals surface area contributed by atoms with Crippen LogP contribution in [0, 0.1) is 5.92 Å². The topological polar surface area (TPSA) is 108 Å². The number of carbonyl (C=O) groups is 2. The Labute approximate surface area is 190 Å². The number of aliphatic hydroxyl groups excluding tert-OH is 1. The summed E-state index contributed by atoms with van der Waals surface area (Å²) in [5.41, 5.74) is 1.31. The maximum atomic E-state index is 12.9. The molecule has 0 radical (unpaired) electrons. The number of β-amino-alcohol motifs (C(OH)–C–C–N with tert-alkyl or cyclic N) is 1. The number of hydrogen-bond donors (Lipinski definition) is 3. The van der Waals surface area contributed by atoms with Crippen molar-refractivity contribution in [3.05, 3.63) is 36.5 Å². The fourth-order valence-electron chi connectivity index (χ4n) is 3.45. The first-order chi connectivity index (χ1) is 14.8. The van der Waals surface area contributed by atoms with Gasteiger partial charge in [0.25, 0.3) is 5.91 Å². The van der Waals surface area contributed by atoms with E-state index in [-0.39, 0.29) is 24.4 Å². The van der Waals surface area contributed by atoms with Crippen LogP contribution in [0.25, 0.3) is 11.3 Å². The first kappa shape index (κ1) is 23.5. The van der Waals surface area contributed by atoms with Gasteiger partial charge >= 0.3 is 0 Å². The third-order valence-corrected chi connectivity index (χ3v) is 5.64. The number of halogens is 2. The van der Waals surface area contributed by atoms with Gasteiger partial charge in [-0.2, -0.15) is 0 Å². The van der Waals surface area contributed by atoms with E-state index in [0.29, 0.717) is 24.4 Å². The number of nitrogens with one attached hydrogen (secondary N) is 2. The van der Waals surface area contributed by atoms with Gasteiger partial charge in [0.15, 0.2) is 10.6 Å². The molecule has 3 atom stereocenters. The molecular weight excluding hydrogens is 443 g/mol. The highest BCUT2D eigenvalue weighted by atomic mass is 35.5. The number of aliphatic hydroxyl groups is 1. The van der Waals surface area contributed by atoms with E-state index in [1.165, 1.54) is 11.1 Å². The van der Waals surface area contributed by atoms with Crippen LogP contribution in [0.4, 0.5) is 5.69 Å². The zero-order valence-electron chi connectivity index (χ0n) is 17.3. The first-order valence-electron chi connectivity index (χ1n) is 10.1. The maximum Gasteiger partial charge on any atom is 0.260 e. The van der Waals surface area contributed by atoms with Crippen molar-refractivity contribution < 1.29 is 19.2 Å². The molecule has 2 heterocycles. The van der Waals surface area contributed by atoms with E-state index in [0.717, 1.165) is 5.56 Å². The summed E-state index contributed by atoms with van der Waals surface area (Å²) in [6, 6.07) is 8.06. The van der Waals surface area contributed by atoms with E-state index in [9.17, 15) is 14.7 Å². The molecule has 0 aliphatic carbocycles. The van der Waals surface area contributed by atoms with E-state index in [4.69, 9.17) is 27.7 Å². The lowest BCUT2D eigenvalue weighted by molar-refractivity contribution is -0.124. The Bertz CT molecular complexity index is 891. The van der Waals surface area contributed by atoms with E-state index in [1.807, 2.05) is 19.9 Å². The number of amides is 2. The first-order valence-corrected chi connectivity index (χ1v) is 11.0. The Balaban J connectivity index is 1.83. The molecule has 1 aromatic carbocycles. The molecule has 0 saturated carbocycles. The highest BCUT2D eigenvalue weighted by Crippen LogP contribution is 2.26. The van der Waals surface area contributed by atoms with Crippen LogP contribution in [0.1, 0.15) is 20.3 Å². The van der Waals surface area contributed by atoms with Crippen LogP contribution in [-0.4, -0.2) is 58.2 Å². The van der Waals surface area contributed by atoms with Crippen LogP contribution in [0.3, 0.4) is 0 Å². The minimum Gasteiger partial charge on any atom is -0.392 e. The van der Waals surface area contributed by atoms with Gasteiger partial charge in [-0.15, -0.1) is 0 Å². The number of carbonyl (C=O) groups excluding carboxylic acids is 2. The SMILES string of the molecule is CC(C)C(CN(C(=O)C(Cl)Cl)c1cccc(-c2ccno2)c1)NC(=O)C1CC(O)CN1. The average Bonchev–Trinajstić information content (AvgIpc) is 3.42. The van der Waals surface area contributed by atoms with Crippen molar-refractivity contribution >= 4 is 40.7 Å². The molecule has 31 heavy (non-hydrogen) atoms. The van der Waals surface area contributed by atoms with Crippen molar-refractivity contribution in [3.63, 3.8) is 0 Å². The minimum atomic E-state index is -1.26. The molecule has 3 rings (SSSR count). The summed E-state index contributed by atoms with van der Waals surface area (Å²) in [4.78, 5) is 25.7. The zero-order chi connectivity index (χ0) is 22.5. The molecule has 1 aliphatic heterocycles. The van der Waals surface area contributed by atoms with Gasteiger partial charge in [-0.05, 0) is 24.5 Å². The summed E-state index contributed by atoms with van der Waals surface area (Å²) < 4.78 is 5.21. The highest BCUT2D eigenvalue weighted by molar-refractivity contribution is 6.54. The lowest BCUT2D eigenvalue weighted by Crippen LogP contribution is -2.53. The summed E-state index contributed by atoms with van der Waals surface area (Å²) >= 11 is 11.8. The average molecular weight is 469 g/mol. The van der Waals surface area contributed by atoms with Crippen molar-refractivity contribution in [2.24, 2.45) is 5.92 Å². The summed E-state index contributed by atoms with van der Waals surface area (Å²) in [5.74, 6) is -0.131. The molecule has 3 unspecified atom stereocenters. The molecule has 10 heteroatoms. The molecule has 1 aromatic heterocycles. The minimum absolute atomic E-state index is 0.0205. The Hall–Kier alpha value is -2.13. The monoisotopic (exact) mass is 468 g/mol. The lowest BCUT2D eigenvalue weighted by atomic mass is 10.0. The Kier molecular flexibility index (Phi) is 7.94. The molecule has 1 saturated heterocycles. The van der Waals surface area contributed by atoms with Crippen LogP contribution in [0.15, 0.2) is 41.1 Å². The van der Waals surface area contributed by atoms with E-state index in [1.54, 1.807) is 24.3 Å². The van der Waals surface area contributed by atoms with Gasteiger partial charge in [0.1, 0.15) is 0 Å². The standard InChI is InChI=1S/C21H26Cl2N4O4/c1-12(2)17(26-20(29)16-9-15(28)10-24-16)11-27(21(30)19(22)23)14-5-3-4-13(8-14)18-6-7-25-31-18/h3-8,12,15-17,19,24,28H,9-11H2,1-2H3,(H,26,29). The smallest absolute Gasteiger partial charge is 0.260 e. The fourth-order valence-corrected chi connectivity index (χ4v) is 3.69. The van der Waals surface area contributed by atoms with Gasteiger partial charge in [-0.25, -0.2) is 0 Å². The Morgan fingerprint density at radius 2 is 2.13 bits per heavy atom. The molecule has 8 nitrogen and oxygen atoms in total. The normalized spacial score (nSPS) is 19.6. The quantitative estimate of drug-likeness (QED) is 0.513. The van der Waals surface area contributed by atoms with Crippen molar-refractivity contribution in [1.82, 2.24) is 15.8 Å². The molecule has 2 aromatic rings. The van der Waals surface area contributed by atoms with Crippen LogP contribution >= 0.6 is 23.2 Å². The van der Waals surface area contributed by atoms with Crippen molar-refractivity contribution in [1.29, 1.82) is 0 Å². The number of benzene rings is 1. The number of alkyl halides is 2. The number of aromatic nitrogens is 1. The fraction of sp³-hybridized carbons (Fsp3) is 0.476.